The smallest absolute Gasteiger partial charge is 0.459 e. The second-order valence-corrected chi connectivity index (χ2v) is 13.0. The minimum Gasteiger partial charge on any atom is -0.460 e. The molecule has 51 heavy (non-hydrogen) atoms. The number of nitriles is 1. The first-order valence-corrected chi connectivity index (χ1v) is 15.3. The average molecular weight is 753 g/mol. The van der Waals surface area contributed by atoms with E-state index >= 15 is 0 Å². The lowest BCUT2D eigenvalue weighted by Gasteiger charge is -2.27. The molecule has 3 aromatic rings. The van der Waals surface area contributed by atoms with E-state index in [9.17, 15) is 54.8 Å². The average Bonchev–Trinajstić information content (AvgIpc) is 3.46. The van der Waals surface area contributed by atoms with Gasteiger partial charge in [0.05, 0.1) is 22.9 Å². The minimum absolute atomic E-state index is 0.0245. The van der Waals surface area contributed by atoms with E-state index in [-0.39, 0.29) is 58.5 Å². The maximum absolute atomic E-state index is 14.2. The van der Waals surface area contributed by atoms with Crippen molar-refractivity contribution < 1.29 is 59.0 Å². The van der Waals surface area contributed by atoms with Gasteiger partial charge in [-0.25, -0.2) is 9.36 Å². The van der Waals surface area contributed by atoms with Gasteiger partial charge >= 0.3 is 30.2 Å². The summed E-state index contributed by atoms with van der Waals surface area (Å²) in [7, 11) is 0.728. The molecule has 1 aliphatic rings. The minimum atomic E-state index is -6.39. The Hall–Kier alpha value is -4.73. The number of aromatic nitrogens is 4. The van der Waals surface area contributed by atoms with Crippen molar-refractivity contribution in [2.45, 2.75) is 82.3 Å². The summed E-state index contributed by atoms with van der Waals surface area (Å²) in [5.41, 5.74) is -7.15. The van der Waals surface area contributed by atoms with Crippen molar-refractivity contribution in [2.24, 2.45) is 7.05 Å². The van der Waals surface area contributed by atoms with Crippen molar-refractivity contribution in [3.63, 3.8) is 0 Å². The Morgan fingerprint density at radius 3 is 2.20 bits per heavy atom. The summed E-state index contributed by atoms with van der Waals surface area (Å²) in [6.45, 7) is 4.39. The number of carbonyl (C=O) groups excluding carboxylic acids is 3. The molecular formula is C31H29ClF8N6O5. The Morgan fingerprint density at radius 2 is 1.65 bits per heavy atom. The normalized spacial score (nSPS) is 14.5. The largest absolute Gasteiger partial charge is 0.460 e. The number of esters is 2. The third-order valence-electron chi connectivity index (χ3n) is 7.51. The van der Waals surface area contributed by atoms with Gasteiger partial charge in [0.25, 0.3) is 5.91 Å². The van der Waals surface area contributed by atoms with Gasteiger partial charge in [-0.3, -0.25) is 19.3 Å². The van der Waals surface area contributed by atoms with Gasteiger partial charge in [-0.15, -0.1) is 0 Å². The molecule has 1 saturated carbocycles. The van der Waals surface area contributed by atoms with Crippen molar-refractivity contribution >= 4 is 29.4 Å². The summed E-state index contributed by atoms with van der Waals surface area (Å²) < 4.78 is 120. The van der Waals surface area contributed by atoms with Crippen LogP contribution in [0.5, 0.6) is 0 Å². The number of ether oxygens (including phenoxy) is 2. The summed E-state index contributed by atoms with van der Waals surface area (Å²) in [6, 6.07) is 5.76. The standard InChI is InChI=1S/C31H29ClF8N6O5/c1-27(2,3)51-22(48)7-5-6-21(47)50-16-45(28(15-41)10-11-28)26(49)19-12-17(8-9-20(19)32)18-13-42-46(14-18)25-23(30(35,36)37)24(43-44(25)4)29(33,34)31(38,39)40/h8-9,12-14H,5-7,10-11,16H2,1-4H3. The van der Waals surface area contributed by atoms with E-state index in [0.717, 1.165) is 24.3 Å². The highest BCUT2D eigenvalue weighted by Gasteiger charge is 2.64. The molecule has 2 heterocycles. The zero-order chi connectivity index (χ0) is 38.3. The number of hydrogen-bond acceptors (Lipinski definition) is 8. The van der Waals surface area contributed by atoms with Crippen LogP contribution in [0.4, 0.5) is 35.1 Å². The maximum atomic E-state index is 14.2. The highest BCUT2D eigenvalue weighted by Crippen LogP contribution is 2.49. The van der Waals surface area contributed by atoms with Crippen molar-refractivity contribution in [3.05, 3.63) is 52.4 Å². The number of hydrogen-bond donors (Lipinski definition) is 0. The predicted octanol–water partition coefficient (Wildman–Crippen LogP) is 7.11. The lowest BCUT2D eigenvalue weighted by atomic mass is 10.0. The van der Waals surface area contributed by atoms with E-state index in [0.29, 0.717) is 4.68 Å². The molecule has 1 fully saturated rings. The molecule has 2 aromatic heterocycles. The van der Waals surface area contributed by atoms with Gasteiger partial charge in [0.2, 0.25) is 0 Å². The number of nitrogens with zero attached hydrogens (tertiary/aromatic N) is 6. The van der Waals surface area contributed by atoms with Crippen LogP contribution in [-0.4, -0.2) is 66.4 Å². The maximum Gasteiger partial charge on any atom is 0.459 e. The SMILES string of the molecule is Cn1nc(C(F)(F)C(F)(F)F)c(C(F)(F)F)c1-n1cc(-c2ccc(Cl)c(C(=O)N(COC(=O)CCCC(=O)OC(C)(C)C)C3(C#N)CC3)c2)cn1. The van der Waals surface area contributed by atoms with Crippen LogP contribution in [0.3, 0.4) is 0 Å². The number of rotatable bonds is 11. The molecule has 0 saturated heterocycles. The van der Waals surface area contributed by atoms with Gasteiger partial charge in [-0.1, -0.05) is 17.7 Å². The fraction of sp³-hybridized carbons (Fsp3) is 0.484. The fourth-order valence-electron chi connectivity index (χ4n) is 4.91. The van der Waals surface area contributed by atoms with Crippen molar-refractivity contribution in [1.82, 2.24) is 24.5 Å². The molecule has 0 aliphatic heterocycles. The van der Waals surface area contributed by atoms with Crippen LogP contribution in [0.2, 0.25) is 5.02 Å². The van der Waals surface area contributed by atoms with Crippen LogP contribution in [0, 0.1) is 11.3 Å². The van der Waals surface area contributed by atoms with Crippen molar-refractivity contribution in [3.8, 4) is 23.0 Å². The fourth-order valence-corrected chi connectivity index (χ4v) is 5.11. The molecule has 11 nitrogen and oxygen atoms in total. The predicted molar refractivity (Wildman–Crippen MR) is 160 cm³/mol. The third-order valence-corrected chi connectivity index (χ3v) is 7.84. The first kappa shape index (κ1) is 39.1. The molecule has 0 bridgehead atoms. The number of carbonyl (C=O) groups is 3. The summed E-state index contributed by atoms with van der Waals surface area (Å²) in [4.78, 5) is 39.1. The topological polar surface area (TPSA) is 132 Å². The van der Waals surface area contributed by atoms with E-state index in [4.69, 9.17) is 21.1 Å². The summed E-state index contributed by atoms with van der Waals surface area (Å²) >= 11 is 6.32. The van der Waals surface area contributed by atoms with E-state index in [1.54, 1.807) is 20.8 Å². The molecular weight excluding hydrogens is 724 g/mol. The van der Waals surface area contributed by atoms with E-state index < -0.39 is 71.1 Å². The van der Waals surface area contributed by atoms with Crippen LogP contribution in [-0.2, 0) is 38.2 Å². The van der Waals surface area contributed by atoms with Gasteiger partial charge in [0.15, 0.2) is 18.2 Å². The molecule has 1 amide bonds. The molecule has 0 unspecified atom stereocenters. The number of amides is 1. The van der Waals surface area contributed by atoms with Crippen molar-refractivity contribution in [1.29, 1.82) is 5.26 Å². The molecule has 4 rings (SSSR count). The number of alkyl halides is 8. The summed E-state index contributed by atoms with van der Waals surface area (Å²) in [5.74, 6) is -9.37. The van der Waals surface area contributed by atoms with Gasteiger partial charge in [-0.2, -0.15) is 50.6 Å². The van der Waals surface area contributed by atoms with Gasteiger partial charge < -0.3 is 9.47 Å². The van der Waals surface area contributed by atoms with E-state index in [1.807, 2.05) is 6.07 Å². The Bertz CT molecular complexity index is 1870. The van der Waals surface area contributed by atoms with Crippen LogP contribution in [0.25, 0.3) is 16.9 Å². The quantitative estimate of drug-likeness (QED) is 0.115. The lowest BCUT2D eigenvalue weighted by Crippen LogP contribution is -2.43. The molecule has 1 aromatic carbocycles. The van der Waals surface area contributed by atoms with E-state index in [1.165, 1.54) is 18.2 Å². The molecule has 0 atom stereocenters. The lowest BCUT2D eigenvalue weighted by molar-refractivity contribution is -0.292. The zero-order valence-corrected chi connectivity index (χ0v) is 28.0. The van der Waals surface area contributed by atoms with Crippen LogP contribution < -0.4 is 0 Å². The highest BCUT2D eigenvalue weighted by molar-refractivity contribution is 6.34. The number of halogens is 9. The molecule has 0 N–H and O–H groups in total. The molecule has 1 aliphatic carbocycles. The van der Waals surface area contributed by atoms with Crippen LogP contribution >= 0.6 is 11.6 Å². The van der Waals surface area contributed by atoms with Gasteiger partial charge in [0.1, 0.15) is 16.7 Å². The third kappa shape index (κ3) is 8.43. The van der Waals surface area contributed by atoms with Gasteiger partial charge in [0, 0.05) is 31.6 Å². The Labute approximate surface area is 289 Å². The Morgan fingerprint density at radius 1 is 1.02 bits per heavy atom. The van der Waals surface area contributed by atoms with Crippen LogP contribution in [0.1, 0.15) is 74.5 Å². The zero-order valence-electron chi connectivity index (χ0n) is 27.3. The number of benzene rings is 1. The molecule has 0 radical (unpaired) electrons. The monoisotopic (exact) mass is 752 g/mol. The van der Waals surface area contributed by atoms with Crippen molar-refractivity contribution in [2.75, 3.05) is 6.73 Å². The Kier molecular flexibility index (Phi) is 10.5. The number of aryl methyl sites for hydroxylation is 1. The second kappa shape index (κ2) is 13.8. The first-order chi connectivity index (χ1) is 23.4. The Balaban J connectivity index is 1.60. The molecule has 20 heteroatoms. The second-order valence-electron chi connectivity index (χ2n) is 12.6. The first-order valence-electron chi connectivity index (χ1n) is 15.0. The summed E-state index contributed by atoms with van der Waals surface area (Å²) in [6.07, 6.45) is -9.99. The molecule has 276 valence electrons. The highest BCUT2D eigenvalue weighted by atomic mass is 35.5. The summed E-state index contributed by atoms with van der Waals surface area (Å²) in [5, 5.41) is 16.3. The van der Waals surface area contributed by atoms with Gasteiger partial charge in [-0.05, 0) is 57.7 Å². The van der Waals surface area contributed by atoms with Crippen LogP contribution in [0.15, 0.2) is 30.6 Å². The molecule has 0 spiro atoms. The van der Waals surface area contributed by atoms with E-state index in [2.05, 4.69) is 10.2 Å².